The van der Waals surface area contributed by atoms with Gasteiger partial charge in [0.15, 0.2) is 0 Å². The molecule has 0 heterocycles. The van der Waals surface area contributed by atoms with Crippen molar-refractivity contribution in [2.75, 3.05) is 6.54 Å². The molecule has 0 bridgehead atoms. The molecule has 0 spiro atoms. The zero-order valence-electron chi connectivity index (χ0n) is 8.21. The number of hydrogen-bond acceptors (Lipinski definition) is 2. The number of rotatable bonds is 4. The van der Waals surface area contributed by atoms with Crippen molar-refractivity contribution < 1.29 is 5.11 Å². The van der Waals surface area contributed by atoms with Crippen molar-refractivity contribution in [3.05, 3.63) is 33.8 Å². The highest BCUT2D eigenvalue weighted by Gasteiger charge is 2.23. The second-order valence-electron chi connectivity index (χ2n) is 3.83. The molecule has 1 saturated carbocycles. The average Bonchev–Trinajstić information content (AvgIpc) is 2.97. The van der Waals surface area contributed by atoms with Crippen LogP contribution in [0.5, 0.6) is 0 Å². The quantitative estimate of drug-likeness (QED) is 0.856. The van der Waals surface area contributed by atoms with Crippen LogP contribution in [0.2, 0.25) is 10.0 Å². The second kappa shape index (κ2) is 4.71. The Bertz CT molecular complexity index is 332. The Morgan fingerprint density at radius 3 is 2.47 bits per heavy atom. The van der Waals surface area contributed by atoms with Crippen LogP contribution < -0.4 is 5.32 Å². The van der Waals surface area contributed by atoms with Crippen LogP contribution in [0.15, 0.2) is 18.2 Å². The summed E-state index contributed by atoms with van der Waals surface area (Å²) in [6.07, 6.45) is 1.76. The van der Waals surface area contributed by atoms with Gasteiger partial charge in [-0.05, 0) is 25.0 Å². The van der Waals surface area contributed by atoms with Gasteiger partial charge in [0.1, 0.15) is 0 Å². The summed E-state index contributed by atoms with van der Waals surface area (Å²) in [5, 5.41) is 14.2. The van der Waals surface area contributed by atoms with Gasteiger partial charge in [-0.2, -0.15) is 0 Å². The highest BCUT2D eigenvalue weighted by molar-refractivity contribution is 6.36. The lowest BCUT2D eigenvalue weighted by molar-refractivity contribution is 0.174. The van der Waals surface area contributed by atoms with Crippen molar-refractivity contribution in [2.24, 2.45) is 0 Å². The summed E-state index contributed by atoms with van der Waals surface area (Å²) in [5.41, 5.74) is 0.619. The van der Waals surface area contributed by atoms with Gasteiger partial charge in [0.2, 0.25) is 0 Å². The molecule has 2 N–H and O–H groups in total. The van der Waals surface area contributed by atoms with E-state index in [4.69, 9.17) is 23.2 Å². The van der Waals surface area contributed by atoms with E-state index in [9.17, 15) is 5.11 Å². The minimum Gasteiger partial charge on any atom is -0.387 e. The molecule has 1 fully saturated rings. The van der Waals surface area contributed by atoms with Crippen LogP contribution in [0.25, 0.3) is 0 Å². The normalized spacial score (nSPS) is 17.8. The molecular weight excluding hydrogens is 233 g/mol. The first kappa shape index (κ1) is 11.2. The van der Waals surface area contributed by atoms with Gasteiger partial charge in [-0.1, -0.05) is 29.3 Å². The summed E-state index contributed by atoms with van der Waals surface area (Å²) in [4.78, 5) is 0. The molecule has 0 aliphatic heterocycles. The molecule has 1 aromatic rings. The van der Waals surface area contributed by atoms with E-state index in [0.717, 1.165) is 0 Å². The fraction of sp³-hybridized carbons (Fsp3) is 0.455. The Hall–Kier alpha value is -0.280. The molecule has 0 aromatic heterocycles. The Kier molecular flexibility index (Phi) is 3.52. The monoisotopic (exact) mass is 245 g/mol. The highest BCUT2D eigenvalue weighted by Crippen LogP contribution is 2.30. The number of aliphatic hydroxyl groups excluding tert-OH is 1. The van der Waals surface area contributed by atoms with Crippen LogP contribution in [0.4, 0.5) is 0 Å². The van der Waals surface area contributed by atoms with Crippen LogP contribution in [-0.2, 0) is 0 Å². The number of halogens is 2. The molecule has 1 aliphatic rings. The van der Waals surface area contributed by atoms with Gasteiger partial charge in [-0.3, -0.25) is 0 Å². The summed E-state index contributed by atoms with van der Waals surface area (Å²) in [7, 11) is 0. The van der Waals surface area contributed by atoms with Crippen molar-refractivity contribution in [1.29, 1.82) is 0 Å². The van der Waals surface area contributed by atoms with Gasteiger partial charge >= 0.3 is 0 Å². The Morgan fingerprint density at radius 1 is 1.33 bits per heavy atom. The van der Waals surface area contributed by atoms with Gasteiger partial charge in [0.05, 0.1) is 6.10 Å². The van der Waals surface area contributed by atoms with Crippen molar-refractivity contribution in [2.45, 2.75) is 25.0 Å². The summed E-state index contributed by atoms with van der Waals surface area (Å²) < 4.78 is 0. The predicted molar refractivity (Wildman–Crippen MR) is 62.4 cm³/mol. The molecule has 2 rings (SSSR count). The first-order valence-corrected chi connectivity index (χ1v) is 5.79. The first-order valence-electron chi connectivity index (χ1n) is 5.04. The predicted octanol–water partition coefficient (Wildman–Crippen LogP) is 2.78. The van der Waals surface area contributed by atoms with Crippen LogP contribution in [0.3, 0.4) is 0 Å². The molecule has 1 aliphatic carbocycles. The summed E-state index contributed by atoms with van der Waals surface area (Å²) in [5.74, 6) is 0. The molecule has 0 amide bonds. The third kappa shape index (κ3) is 2.85. The SMILES string of the molecule is OC(CNC1CC1)c1c(Cl)cccc1Cl. The standard InChI is InChI=1S/C11H13Cl2NO/c12-8-2-1-3-9(13)11(8)10(15)6-14-7-4-5-7/h1-3,7,10,14-15H,4-6H2. The van der Waals surface area contributed by atoms with Crippen molar-refractivity contribution in [3.63, 3.8) is 0 Å². The zero-order chi connectivity index (χ0) is 10.8. The molecular formula is C11H13Cl2NO. The number of hydrogen-bond donors (Lipinski definition) is 2. The molecule has 1 atom stereocenters. The van der Waals surface area contributed by atoms with Gasteiger partial charge in [0.25, 0.3) is 0 Å². The van der Waals surface area contributed by atoms with E-state index in [1.165, 1.54) is 12.8 Å². The molecule has 15 heavy (non-hydrogen) atoms. The fourth-order valence-corrected chi connectivity index (χ4v) is 2.15. The lowest BCUT2D eigenvalue weighted by Gasteiger charge is -2.14. The molecule has 4 heteroatoms. The van der Waals surface area contributed by atoms with E-state index in [1.807, 2.05) is 0 Å². The average molecular weight is 246 g/mol. The van der Waals surface area contributed by atoms with Crippen LogP contribution in [-0.4, -0.2) is 17.7 Å². The van der Waals surface area contributed by atoms with E-state index in [0.29, 0.717) is 28.2 Å². The van der Waals surface area contributed by atoms with Crippen LogP contribution in [0, 0.1) is 0 Å². The molecule has 82 valence electrons. The summed E-state index contributed by atoms with van der Waals surface area (Å²) in [6, 6.07) is 5.82. The number of nitrogens with one attached hydrogen (secondary N) is 1. The van der Waals surface area contributed by atoms with Gasteiger partial charge in [0, 0.05) is 28.2 Å². The fourth-order valence-electron chi connectivity index (χ4n) is 1.50. The van der Waals surface area contributed by atoms with E-state index >= 15 is 0 Å². The Morgan fingerprint density at radius 2 is 1.93 bits per heavy atom. The highest BCUT2D eigenvalue weighted by atomic mass is 35.5. The first-order chi connectivity index (χ1) is 7.18. The lowest BCUT2D eigenvalue weighted by atomic mass is 10.1. The van der Waals surface area contributed by atoms with Crippen molar-refractivity contribution >= 4 is 23.2 Å². The van der Waals surface area contributed by atoms with Crippen molar-refractivity contribution in [3.8, 4) is 0 Å². The van der Waals surface area contributed by atoms with Gasteiger partial charge in [-0.15, -0.1) is 0 Å². The maximum absolute atomic E-state index is 9.93. The molecule has 0 saturated heterocycles. The van der Waals surface area contributed by atoms with Crippen LogP contribution >= 0.6 is 23.2 Å². The van der Waals surface area contributed by atoms with E-state index in [1.54, 1.807) is 18.2 Å². The lowest BCUT2D eigenvalue weighted by Crippen LogP contribution is -2.23. The minimum absolute atomic E-state index is 0.508. The molecule has 1 unspecified atom stereocenters. The van der Waals surface area contributed by atoms with Crippen molar-refractivity contribution in [1.82, 2.24) is 5.32 Å². The zero-order valence-corrected chi connectivity index (χ0v) is 9.72. The maximum atomic E-state index is 9.93. The second-order valence-corrected chi connectivity index (χ2v) is 4.65. The Balaban J connectivity index is 2.05. The third-order valence-corrected chi connectivity index (χ3v) is 3.17. The molecule has 0 radical (unpaired) electrons. The van der Waals surface area contributed by atoms with Gasteiger partial charge in [-0.25, -0.2) is 0 Å². The van der Waals surface area contributed by atoms with E-state index in [-0.39, 0.29) is 0 Å². The Labute approximate surface area is 99.2 Å². The third-order valence-electron chi connectivity index (χ3n) is 2.51. The molecule has 2 nitrogen and oxygen atoms in total. The van der Waals surface area contributed by atoms with Gasteiger partial charge < -0.3 is 10.4 Å². The topological polar surface area (TPSA) is 32.3 Å². The maximum Gasteiger partial charge on any atom is 0.0943 e. The molecule has 1 aromatic carbocycles. The smallest absolute Gasteiger partial charge is 0.0943 e. The minimum atomic E-state index is -0.633. The number of benzene rings is 1. The van der Waals surface area contributed by atoms with E-state index in [2.05, 4.69) is 5.32 Å². The van der Waals surface area contributed by atoms with Crippen LogP contribution in [0.1, 0.15) is 24.5 Å². The summed E-state index contributed by atoms with van der Waals surface area (Å²) in [6.45, 7) is 0.508. The number of aliphatic hydroxyl groups is 1. The van der Waals surface area contributed by atoms with E-state index < -0.39 is 6.10 Å². The summed E-state index contributed by atoms with van der Waals surface area (Å²) >= 11 is 12.0. The largest absolute Gasteiger partial charge is 0.387 e.